The smallest absolute Gasteiger partial charge is 0.266 e. The highest BCUT2D eigenvalue weighted by molar-refractivity contribution is 8.26. The molecular weight excluding hydrogens is 506 g/mol. The first-order chi connectivity index (χ1) is 18.0. The van der Waals surface area contributed by atoms with E-state index in [0.29, 0.717) is 42.1 Å². The molecule has 2 aromatic carbocycles. The van der Waals surface area contributed by atoms with Gasteiger partial charge in [-0.05, 0) is 35.8 Å². The molecule has 1 aromatic heterocycles. The van der Waals surface area contributed by atoms with E-state index in [1.165, 1.54) is 17.3 Å². The van der Waals surface area contributed by atoms with E-state index in [4.69, 9.17) is 21.7 Å². The number of amides is 2. The summed E-state index contributed by atoms with van der Waals surface area (Å²) in [6.45, 7) is 5.13. The molecule has 2 aliphatic heterocycles. The van der Waals surface area contributed by atoms with Gasteiger partial charge in [0.05, 0.1) is 37.3 Å². The van der Waals surface area contributed by atoms with Gasteiger partial charge in [0.15, 0.2) is 0 Å². The molecule has 7 nitrogen and oxygen atoms in total. The van der Waals surface area contributed by atoms with E-state index in [1.807, 2.05) is 58.1 Å². The Balaban J connectivity index is 1.44. The Morgan fingerprint density at radius 3 is 2.62 bits per heavy atom. The molecule has 2 aliphatic rings. The van der Waals surface area contributed by atoms with Crippen molar-refractivity contribution in [3.63, 3.8) is 0 Å². The van der Waals surface area contributed by atoms with Crippen molar-refractivity contribution in [2.24, 2.45) is 0 Å². The molecule has 0 atom stereocenters. The minimum Gasteiger partial charge on any atom is -0.497 e. The van der Waals surface area contributed by atoms with Crippen LogP contribution >= 0.6 is 24.0 Å². The third-order valence-corrected chi connectivity index (χ3v) is 8.10. The fourth-order valence-corrected chi connectivity index (χ4v) is 5.99. The zero-order chi connectivity index (χ0) is 25.9. The van der Waals surface area contributed by atoms with Crippen LogP contribution in [0.15, 0.2) is 53.6 Å². The van der Waals surface area contributed by atoms with Crippen LogP contribution < -0.4 is 4.74 Å². The number of carbonyl (C=O) groups excluding carboxylic acids is 2. The minimum absolute atomic E-state index is 0.0727. The lowest BCUT2D eigenvalue weighted by Crippen LogP contribution is -2.42. The second-order valence-corrected chi connectivity index (χ2v) is 10.7. The lowest BCUT2D eigenvalue weighted by Gasteiger charge is -2.27. The maximum atomic E-state index is 13.3. The van der Waals surface area contributed by atoms with E-state index in [1.54, 1.807) is 12.0 Å². The standard InChI is InChI=1S/C28H29N3O4S2/c1-3-20-5-4-6-23-21(17-30(26(20)23)18-25(32)29-11-13-35-14-12-29)15-24-27(33)31(28(36)37-24)16-19-7-9-22(34-2)10-8-19/h4-10,15,17H,3,11-14,16,18H2,1-2H3/b24-15-. The van der Waals surface area contributed by atoms with Crippen molar-refractivity contribution in [2.45, 2.75) is 26.4 Å². The van der Waals surface area contributed by atoms with Gasteiger partial charge in [0.1, 0.15) is 16.6 Å². The second-order valence-electron chi connectivity index (χ2n) is 8.99. The number of thioether (sulfide) groups is 1. The van der Waals surface area contributed by atoms with Gasteiger partial charge in [-0.1, -0.05) is 61.2 Å². The number of morpholine rings is 1. The monoisotopic (exact) mass is 535 g/mol. The van der Waals surface area contributed by atoms with Gasteiger partial charge in [-0.2, -0.15) is 0 Å². The van der Waals surface area contributed by atoms with Gasteiger partial charge in [-0.15, -0.1) is 0 Å². The van der Waals surface area contributed by atoms with Crippen molar-refractivity contribution in [2.75, 3.05) is 33.4 Å². The Kier molecular flexibility index (Phi) is 7.64. The fourth-order valence-electron chi connectivity index (χ4n) is 4.74. The van der Waals surface area contributed by atoms with E-state index < -0.39 is 0 Å². The van der Waals surface area contributed by atoms with Crippen molar-refractivity contribution < 1.29 is 19.1 Å². The molecule has 0 saturated carbocycles. The molecule has 0 spiro atoms. The average Bonchev–Trinajstić information content (AvgIpc) is 3.41. The lowest BCUT2D eigenvalue weighted by atomic mass is 10.1. The molecule has 2 amide bonds. The van der Waals surface area contributed by atoms with Crippen LogP contribution in [0.5, 0.6) is 5.75 Å². The Morgan fingerprint density at radius 2 is 1.92 bits per heavy atom. The summed E-state index contributed by atoms with van der Waals surface area (Å²) in [5.74, 6) is 0.732. The molecule has 5 rings (SSSR count). The largest absolute Gasteiger partial charge is 0.497 e. The Labute approximate surface area is 226 Å². The van der Waals surface area contributed by atoms with Crippen LogP contribution in [0.1, 0.15) is 23.6 Å². The number of fused-ring (bicyclic) bond motifs is 1. The van der Waals surface area contributed by atoms with Crippen LogP contribution in [0.2, 0.25) is 0 Å². The highest BCUT2D eigenvalue weighted by Crippen LogP contribution is 2.36. The first-order valence-electron chi connectivity index (χ1n) is 12.3. The van der Waals surface area contributed by atoms with E-state index in [0.717, 1.165) is 34.2 Å². The molecular formula is C28H29N3O4S2. The quantitative estimate of drug-likeness (QED) is 0.329. The number of methoxy groups -OCH3 is 1. The molecule has 3 aromatic rings. The van der Waals surface area contributed by atoms with Gasteiger partial charge in [0.2, 0.25) is 5.91 Å². The summed E-state index contributed by atoms with van der Waals surface area (Å²) in [5.41, 5.74) is 4.08. The number of aryl methyl sites for hydroxylation is 1. The third-order valence-electron chi connectivity index (χ3n) is 6.72. The van der Waals surface area contributed by atoms with Crippen molar-refractivity contribution in [3.05, 3.63) is 70.3 Å². The van der Waals surface area contributed by atoms with Crippen LogP contribution in [0.4, 0.5) is 0 Å². The summed E-state index contributed by atoms with van der Waals surface area (Å²) >= 11 is 6.88. The number of ether oxygens (including phenoxy) is 2. The molecule has 0 N–H and O–H groups in total. The van der Waals surface area contributed by atoms with Crippen molar-refractivity contribution in [1.29, 1.82) is 0 Å². The first-order valence-corrected chi connectivity index (χ1v) is 13.6. The molecule has 192 valence electrons. The van der Waals surface area contributed by atoms with Crippen LogP contribution in [-0.4, -0.2) is 63.9 Å². The van der Waals surface area contributed by atoms with E-state index in [9.17, 15) is 9.59 Å². The summed E-state index contributed by atoms with van der Waals surface area (Å²) in [6.07, 6.45) is 4.74. The number of nitrogens with zero attached hydrogens (tertiary/aromatic N) is 3. The average molecular weight is 536 g/mol. The van der Waals surface area contributed by atoms with Crippen molar-refractivity contribution >= 4 is 57.1 Å². The Morgan fingerprint density at radius 1 is 1.16 bits per heavy atom. The van der Waals surface area contributed by atoms with Gasteiger partial charge >= 0.3 is 0 Å². The molecule has 0 bridgehead atoms. The number of hydrogen-bond acceptors (Lipinski definition) is 6. The molecule has 3 heterocycles. The van der Waals surface area contributed by atoms with Crippen molar-refractivity contribution in [3.8, 4) is 5.75 Å². The van der Waals surface area contributed by atoms with Crippen LogP contribution in [0.25, 0.3) is 17.0 Å². The lowest BCUT2D eigenvalue weighted by molar-refractivity contribution is -0.135. The third kappa shape index (κ3) is 5.30. The predicted molar refractivity (Wildman–Crippen MR) is 150 cm³/mol. The van der Waals surface area contributed by atoms with Gasteiger partial charge < -0.3 is 18.9 Å². The molecule has 0 unspecified atom stereocenters. The molecule has 0 radical (unpaired) electrons. The maximum absolute atomic E-state index is 13.3. The highest BCUT2D eigenvalue weighted by Gasteiger charge is 2.32. The Bertz CT molecular complexity index is 1370. The van der Waals surface area contributed by atoms with Gasteiger partial charge in [0, 0.05) is 30.2 Å². The van der Waals surface area contributed by atoms with E-state index in [-0.39, 0.29) is 18.4 Å². The van der Waals surface area contributed by atoms with Crippen molar-refractivity contribution in [1.82, 2.24) is 14.4 Å². The first kappa shape index (κ1) is 25.5. The molecule has 2 saturated heterocycles. The molecule has 2 fully saturated rings. The van der Waals surface area contributed by atoms with Gasteiger partial charge in [0.25, 0.3) is 5.91 Å². The van der Waals surface area contributed by atoms with Gasteiger partial charge in [-0.25, -0.2) is 0 Å². The van der Waals surface area contributed by atoms with E-state index >= 15 is 0 Å². The summed E-state index contributed by atoms with van der Waals surface area (Å²) in [7, 11) is 1.63. The molecule has 0 aliphatic carbocycles. The second kappa shape index (κ2) is 11.1. The van der Waals surface area contributed by atoms with E-state index in [2.05, 4.69) is 13.0 Å². The maximum Gasteiger partial charge on any atom is 0.266 e. The topological polar surface area (TPSA) is 64.0 Å². The fraction of sp³-hybridized carbons (Fsp3) is 0.321. The number of para-hydroxylation sites is 1. The summed E-state index contributed by atoms with van der Waals surface area (Å²) < 4.78 is 13.2. The van der Waals surface area contributed by atoms with Crippen LogP contribution in [-0.2, 0) is 33.8 Å². The number of aromatic nitrogens is 1. The predicted octanol–water partition coefficient (Wildman–Crippen LogP) is 4.47. The highest BCUT2D eigenvalue weighted by atomic mass is 32.2. The normalized spacial score (nSPS) is 17.3. The zero-order valence-corrected chi connectivity index (χ0v) is 22.6. The molecule has 37 heavy (non-hydrogen) atoms. The number of hydrogen-bond donors (Lipinski definition) is 0. The number of carbonyl (C=O) groups is 2. The Hall–Kier alpha value is -3.14. The van der Waals surface area contributed by atoms with Crippen LogP contribution in [0, 0.1) is 0 Å². The summed E-state index contributed by atoms with van der Waals surface area (Å²) in [4.78, 5) is 30.5. The molecule has 9 heteroatoms. The summed E-state index contributed by atoms with van der Waals surface area (Å²) in [5, 5.41) is 1.02. The number of rotatable bonds is 7. The number of thiocarbonyl (C=S) groups is 1. The SMILES string of the molecule is CCc1cccc2c(/C=C3\SC(=S)N(Cc4ccc(OC)cc4)C3=O)cn(CC(=O)N3CCOCC3)c12. The summed E-state index contributed by atoms with van der Waals surface area (Å²) in [6, 6.07) is 13.8. The van der Waals surface area contributed by atoms with Crippen LogP contribution in [0.3, 0.4) is 0 Å². The zero-order valence-electron chi connectivity index (χ0n) is 20.9. The number of benzene rings is 2. The van der Waals surface area contributed by atoms with Gasteiger partial charge in [-0.3, -0.25) is 14.5 Å². The minimum atomic E-state index is -0.109.